The molecule has 0 aliphatic carbocycles. The first-order chi connectivity index (χ1) is 8.59. The molecule has 1 aromatic heterocycles. The highest BCUT2D eigenvalue weighted by molar-refractivity contribution is 5.76. The Morgan fingerprint density at radius 2 is 2.22 bits per heavy atom. The number of nitrogens with zero attached hydrogens (tertiary/aromatic N) is 4. The van der Waals surface area contributed by atoms with Crippen LogP contribution in [0.5, 0.6) is 0 Å². The second-order valence-electron chi connectivity index (χ2n) is 4.75. The van der Waals surface area contributed by atoms with Crippen molar-refractivity contribution < 1.29 is 4.79 Å². The summed E-state index contributed by atoms with van der Waals surface area (Å²) in [5.74, 6) is 0.566. The summed E-state index contributed by atoms with van der Waals surface area (Å²) in [5.41, 5.74) is 6.22. The van der Waals surface area contributed by atoms with Crippen LogP contribution in [0.2, 0.25) is 0 Å². The molecule has 2 heterocycles. The van der Waals surface area contributed by atoms with Crippen LogP contribution in [0.15, 0.2) is 12.4 Å². The molecular weight excluding hydrogens is 230 g/mol. The second kappa shape index (κ2) is 5.30. The van der Waals surface area contributed by atoms with Gasteiger partial charge in [-0.25, -0.2) is 4.98 Å². The number of likely N-dealkylation sites (tertiary alicyclic amines) is 1. The molecule has 1 fully saturated rings. The number of hydrogen-bond acceptors (Lipinski definition) is 5. The molecular formula is C12H19N5O. The topological polar surface area (TPSA) is 75.3 Å². The van der Waals surface area contributed by atoms with Crippen molar-refractivity contribution in [2.24, 2.45) is 5.73 Å². The molecule has 1 aliphatic heterocycles. The largest absolute Gasteiger partial charge is 0.369 e. The Bertz CT molecular complexity index is 434. The molecule has 1 aliphatic rings. The van der Waals surface area contributed by atoms with Crippen LogP contribution >= 0.6 is 0 Å². The fourth-order valence-corrected chi connectivity index (χ4v) is 2.45. The van der Waals surface area contributed by atoms with Gasteiger partial charge in [0.05, 0.1) is 18.3 Å². The van der Waals surface area contributed by atoms with Crippen molar-refractivity contribution in [3.63, 3.8) is 0 Å². The van der Waals surface area contributed by atoms with Crippen molar-refractivity contribution in [3.05, 3.63) is 18.1 Å². The van der Waals surface area contributed by atoms with Crippen molar-refractivity contribution >= 4 is 11.7 Å². The summed E-state index contributed by atoms with van der Waals surface area (Å²) < 4.78 is 0. The summed E-state index contributed by atoms with van der Waals surface area (Å²) in [6.45, 7) is 1.17. The molecule has 1 unspecified atom stereocenters. The van der Waals surface area contributed by atoms with Crippen LogP contribution < -0.4 is 10.6 Å². The van der Waals surface area contributed by atoms with Gasteiger partial charge in [-0.3, -0.25) is 14.7 Å². The molecule has 2 rings (SSSR count). The summed E-state index contributed by atoms with van der Waals surface area (Å²) in [7, 11) is 3.89. The fourth-order valence-electron chi connectivity index (χ4n) is 2.45. The minimum atomic E-state index is -0.294. The lowest BCUT2D eigenvalue weighted by Gasteiger charge is -2.25. The van der Waals surface area contributed by atoms with Gasteiger partial charge in [-0.05, 0) is 19.4 Å². The van der Waals surface area contributed by atoms with E-state index in [2.05, 4.69) is 14.9 Å². The summed E-state index contributed by atoms with van der Waals surface area (Å²) in [5, 5.41) is 0. The zero-order valence-corrected chi connectivity index (χ0v) is 10.8. The number of carbonyl (C=O) groups is 1. The Kier molecular flexibility index (Phi) is 3.76. The Labute approximate surface area is 107 Å². The molecule has 0 bridgehead atoms. The van der Waals surface area contributed by atoms with Crippen LogP contribution in [-0.4, -0.2) is 48.0 Å². The Morgan fingerprint density at radius 1 is 1.50 bits per heavy atom. The standard InChI is InChI=1S/C12H19N5O/c1-16(2)12-11(14-5-6-15-12)9-4-3-7-17(9)8-10(13)18/h5-6,9H,3-4,7-8H2,1-2H3,(H2,13,18). The van der Waals surface area contributed by atoms with Gasteiger partial charge in [-0.2, -0.15) is 0 Å². The number of rotatable bonds is 4. The average molecular weight is 249 g/mol. The smallest absolute Gasteiger partial charge is 0.231 e. The SMILES string of the molecule is CN(C)c1nccnc1C1CCCN1CC(N)=O. The monoisotopic (exact) mass is 249 g/mol. The molecule has 0 spiro atoms. The van der Waals surface area contributed by atoms with Crippen LogP contribution in [0, 0.1) is 0 Å². The minimum absolute atomic E-state index is 0.142. The predicted octanol–water partition coefficient (Wildman–Crippen LogP) is 0.165. The molecule has 1 aromatic rings. The molecule has 0 aromatic carbocycles. The van der Waals surface area contributed by atoms with E-state index in [9.17, 15) is 4.79 Å². The quantitative estimate of drug-likeness (QED) is 0.823. The highest BCUT2D eigenvalue weighted by Crippen LogP contribution is 2.33. The Hall–Kier alpha value is -1.69. The van der Waals surface area contributed by atoms with E-state index in [4.69, 9.17) is 5.73 Å². The molecule has 2 N–H and O–H groups in total. The molecule has 98 valence electrons. The average Bonchev–Trinajstić information content (AvgIpc) is 2.76. The van der Waals surface area contributed by atoms with Crippen molar-refractivity contribution in [2.75, 3.05) is 32.1 Å². The first-order valence-corrected chi connectivity index (χ1v) is 6.10. The van der Waals surface area contributed by atoms with Crippen molar-refractivity contribution in [1.82, 2.24) is 14.9 Å². The van der Waals surface area contributed by atoms with Gasteiger partial charge in [-0.1, -0.05) is 0 Å². The molecule has 0 saturated carbocycles. The van der Waals surface area contributed by atoms with Gasteiger partial charge in [0.25, 0.3) is 0 Å². The highest BCUT2D eigenvalue weighted by atomic mass is 16.1. The molecule has 18 heavy (non-hydrogen) atoms. The van der Waals surface area contributed by atoms with E-state index < -0.39 is 0 Å². The maximum absolute atomic E-state index is 11.1. The maximum atomic E-state index is 11.1. The van der Waals surface area contributed by atoms with Crippen LogP contribution in [-0.2, 0) is 4.79 Å². The van der Waals surface area contributed by atoms with Crippen LogP contribution in [0.25, 0.3) is 0 Å². The third kappa shape index (κ3) is 2.59. The normalized spacial score (nSPS) is 20.0. The number of nitrogens with two attached hydrogens (primary N) is 1. The van der Waals surface area contributed by atoms with E-state index in [0.717, 1.165) is 30.9 Å². The van der Waals surface area contributed by atoms with Crippen LogP contribution in [0.4, 0.5) is 5.82 Å². The van der Waals surface area contributed by atoms with Crippen LogP contribution in [0.3, 0.4) is 0 Å². The number of primary amides is 1. The van der Waals surface area contributed by atoms with E-state index in [1.807, 2.05) is 19.0 Å². The van der Waals surface area contributed by atoms with Gasteiger partial charge in [0.2, 0.25) is 5.91 Å². The third-order valence-electron chi connectivity index (χ3n) is 3.17. The number of anilines is 1. The van der Waals surface area contributed by atoms with Crippen molar-refractivity contribution in [2.45, 2.75) is 18.9 Å². The summed E-state index contributed by atoms with van der Waals surface area (Å²) >= 11 is 0. The van der Waals surface area contributed by atoms with E-state index >= 15 is 0 Å². The number of hydrogen-bond donors (Lipinski definition) is 1. The van der Waals surface area contributed by atoms with Crippen LogP contribution in [0.1, 0.15) is 24.6 Å². The van der Waals surface area contributed by atoms with Gasteiger partial charge in [-0.15, -0.1) is 0 Å². The lowest BCUT2D eigenvalue weighted by Crippen LogP contribution is -2.34. The summed E-state index contributed by atoms with van der Waals surface area (Å²) in [6.07, 6.45) is 5.43. The van der Waals surface area contributed by atoms with E-state index in [0.29, 0.717) is 0 Å². The zero-order valence-electron chi connectivity index (χ0n) is 10.8. The van der Waals surface area contributed by atoms with Crippen molar-refractivity contribution in [1.29, 1.82) is 0 Å². The summed E-state index contributed by atoms with van der Waals surface area (Å²) in [6, 6.07) is 0.142. The van der Waals surface area contributed by atoms with E-state index in [1.165, 1.54) is 0 Å². The predicted molar refractivity (Wildman–Crippen MR) is 69.1 cm³/mol. The molecule has 1 amide bonds. The first kappa shape index (κ1) is 12.8. The van der Waals surface area contributed by atoms with Gasteiger partial charge in [0, 0.05) is 26.5 Å². The van der Waals surface area contributed by atoms with Crippen molar-refractivity contribution in [3.8, 4) is 0 Å². The van der Waals surface area contributed by atoms with E-state index in [1.54, 1.807) is 12.4 Å². The molecule has 6 heteroatoms. The molecule has 6 nitrogen and oxygen atoms in total. The Morgan fingerprint density at radius 3 is 2.89 bits per heavy atom. The third-order valence-corrected chi connectivity index (χ3v) is 3.17. The molecule has 1 saturated heterocycles. The highest BCUT2D eigenvalue weighted by Gasteiger charge is 2.30. The Balaban J connectivity index is 2.27. The number of aromatic nitrogens is 2. The lowest BCUT2D eigenvalue weighted by molar-refractivity contribution is -0.119. The number of amides is 1. The number of carbonyl (C=O) groups excluding carboxylic acids is 1. The minimum Gasteiger partial charge on any atom is -0.369 e. The molecule has 1 atom stereocenters. The first-order valence-electron chi connectivity index (χ1n) is 6.10. The van der Waals surface area contributed by atoms with Gasteiger partial charge < -0.3 is 10.6 Å². The lowest BCUT2D eigenvalue weighted by atomic mass is 10.1. The van der Waals surface area contributed by atoms with Gasteiger partial charge in [0.15, 0.2) is 5.82 Å². The summed E-state index contributed by atoms with van der Waals surface area (Å²) in [4.78, 5) is 23.9. The molecule has 0 radical (unpaired) electrons. The fraction of sp³-hybridized carbons (Fsp3) is 0.583. The van der Waals surface area contributed by atoms with E-state index in [-0.39, 0.29) is 18.5 Å². The second-order valence-corrected chi connectivity index (χ2v) is 4.75. The maximum Gasteiger partial charge on any atom is 0.231 e. The zero-order chi connectivity index (χ0) is 13.1. The van der Waals surface area contributed by atoms with Gasteiger partial charge >= 0.3 is 0 Å². The van der Waals surface area contributed by atoms with Gasteiger partial charge in [0.1, 0.15) is 0 Å².